The lowest BCUT2D eigenvalue weighted by atomic mass is 10.1. The van der Waals surface area contributed by atoms with E-state index in [9.17, 15) is 4.79 Å². The molecular weight excluding hydrogens is 502 g/mol. The van der Waals surface area contributed by atoms with Gasteiger partial charge in [0.25, 0.3) is 0 Å². The lowest BCUT2D eigenvalue weighted by Gasteiger charge is -2.32. The molecule has 0 spiro atoms. The van der Waals surface area contributed by atoms with Crippen molar-refractivity contribution >= 4 is 29.0 Å². The fourth-order valence-electron chi connectivity index (χ4n) is 4.13. The molecule has 0 unspecified atom stereocenters. The van der Waals surface area contributed by atoms with Crippen molar-refractivity contribution in [2.24, 2.45) is 5.11 Å². The maximum atomic E-state index is 13.3. The molecule has 3 aromatic rings. The summed E-state index contributed by atoms with van der Waals surface area (Å²) in [6, 6.07) is 20.6. The van der Waals surface area contributed by atoms with Crippen LogP contribution in [0, 0.1) is 0 Å². The number of carbonyl (C=O) groups excluding carboxylic acids is 1. The Balaban J connectivity index is 1.31. The Morgan fingerprint density at radius 2 is 1.87 bits per heavy atom. The van der Waals surface area contributed by atoms with Crippen LogP contribution in [0.5, 0.6) is 17.2 Å². The molecule has 0 fully saturated rings. The van der Waals surface area contributed by atoms with Crippen LogP contribution in [0.2, 0.25) is 0 Å². The molecule has 0 N–H and O–H groups in total. The van der Waals surface area contributed by atoms with Crippen LogP contribution in [-0.2, 0) is 4.79 Å². The summed E-state index contributed by atoms with van der Waals surface area (Å²) in [6.07, 6.45) is 0.808. The minimum Gasteiger partial charge on any atom is -0.497 e. The van der Waals surface area contributed by atoms with Crippen molar-refractivity contribution in [3.8, 4) is 17.2 Å². The van der Waals surface area contributed by atoms with Crippen LogP contribution in [0.15, 0.2) is 76.7 Å². The highest BCUT2D eigenvalue weighted by molar-refractivity contribution is 8.00. The van der Waals surface area contributed by atoms with Crippen LogP contribution in [0.25, 0.3) is 10.4 Å². The summed E-state index contributed by atoms with van der Waals surface area (Å²) in [5.41, 5.74) is 10.8. The zero-order chi connectivity index (χ0) is 26.9. The molecule has 0 aliphatic carbocycles. The summed E-state index contributed by atoms with van der Waals surface area (Å²) in [7, 11) is 5.46. The zero-order valence-electron chi connectivity index (χ0n) is 21.7. The van der Waals surface area contributed by atoms with E-state index in [0.717, 1.165) is 35.7 Å². The summed E-state index contributed by atoms with van der Waals surface area (Å²) in [5, 5.41) is 3.18. The van der Waals surface area contributed by atoms with Crippen LogP contribution in [0.3, 0.4) is 0 Å². The second-order valence-electron chi connectivity index (χ2n) is 8.81. The van der Waals surface area contributed by atoms with E-state index in [2.05, 4.69) is 14.9 Å². The van der Waals surface area contributed by atoms with E-state index >= 15 is 0 Å². The quantitative estimate of drug-likeness (QED) is 0.118. The van der Waals surface area contributed by atoms with Gasteiger partial charge in [0.05, 0.1) is 19.4 Å². The largest absolute Gasteiger partial charge is 0.497 e. The minimum absolute atomic E-state index is 0.0106. The van der Waals surface area contributed by atoms with Gasteiger partial charge in [-0.3, -0.25) is 4.79 Å². The molecule has 4 rings (SSSR count). The van der Waals surface area contributed by atoms with Crippen LogP contribution in [-0.4, -0.2) is 58.3 Å². The molecule has 1 atom stereocenters. The Hall–Kier alpha value is -3.85. The number of anilines is 1. The number of fused-ring (bicyclic) bond motifs is 1. The standard InChI is InChI=1S/C28H31N5O4S/c1-32(15-17-36-22-9-6-8-20(18-22)30-31-29)14-7-16-37-25-13-12-21(35-3)19-23(25)27-28(34)33(2)24-10-4-5-11-26(24)38-27/h4-6,8-13,18-19,27H,7,14-17H2,1-3H3/t27-/m1/s1. The Kier molecular flexibility index (Phi) is 9.37. The Morgan fingerprint density at radius 1 is 1.03 bits per heavy atom. The Bertz CT molecular complexity index is 1310. The summed E-state index contributed by atoms with van der Waals surface area (Å²) in [6.45, 7) is 2.58. The van der Waals surface area contributed by atoms with E-state index in [1.165, 1.54) is 11.8 Å². The number of rotatable bonds is 12. The lowest BCUT2D eigenvalue weighted by molar-refractivity contribution is -0.118. The average molecular weight is 534 g/mol. The van der Waals surface area contributed by atoms with E-state index in [4.69, 9.17) is 19.7 Å². The van der Waals surface area contributed by atoms with Crippen molar-refractivity contribution < 1.29 is 19.0 Å². The number of hydrogen-bond acceptors (Lipinski definition) is 7. The number of amides is 1. The second-order valence-corrected chi connectivity index (χ2v) is 9.95. The molecule has 0 radical (unpaired) electrons. The number of para-hydroxylation sites is 1. The zero-order valence-corrected chi connectivity index (χ0v) is 22.6. The van der Waals surface area contributed by atoms with Crippen molar-refractivity contribution in [1.82, 2.24) is 4.90 Å². The van der Waals surface area contributed by atoms with Gasteiger partial charge in [-0.05, 0) is 61.5 Å². The van der Waals surface area contributed by atoms with Gasteiger partial charge in [0, 0.05) is 41.2 Å². The predicted molar refractivity (Wildman–Crippen MR) is 150 cm³/mol. The summed E-state index contributed by atoms with van der Waals surface area (Å²) < 4.78 is 17.4. The molecule has 0 aromatic heterocycles. The minimum atomic E-state index is -0.419. The number of likely N-dealkylation sites (N-methyl/N-ethyl adjacent to an activating group) is 2. The first kappa shape index (κ1) is 27.2. The highest BCUT2D eigenvalue weighted by Gasteiger charge is 2.34. The molecule has 9 nitrogen and oxygen atoms in total. The summed E-state index contributed by atoms with van der Waals surface area (Å²) >= 11 is 1.54. The maximum Gasteiger partial charge on any atom is 0.244 e. The molecule has 1 heterocycles. The van der Waals surface area contributed by atoms with Crippen molar-refractivity contribution in [2.75, 3.05) is 52.4 Å². The van der Waals surface area contributed by atoms with Gasteiger partial charge in [0.15, 0.2) is 0 Å². The van der Waals surface area contributed by atoms with E-state index in [-0.39, 0.29) is 5.91 Å². The van der Waals surface area contributed by atoms with Gasteiger partial charge in [-0.15, -0.1) is 11.8 Å². The first-order valence-electron chi connectivity index (χ1n) is 12.3. The van der Waals surface area contributed by atoms with Crippen molar-refractivity contribution in [1.29, 1.82) is 0 Å². The molecule has 1 aliphatic rings. The van der Waals surface area contributed by atoms with Crippen LogP contribution in [0.4, 0.5) is 11.4 Å². The molecule has 0 bridgehead atoms. The summed E-state index contributed by atoms with van der Waals surface area (Å²) in [5.74, 6) is 2.06. The maximum absolute atomic E-state index is 13.3. The third-order valence-corrected chi connectivity index (χ3v) is 7.48. The summed E-state index contributed by atoms with van der Waals surface area (Å²) in [4.78, 5) is 21.0. The van der Waals surface area contributed by atoms with Gasteiger partial charge in [0.2, 0.25) is 5.91 Å². The number of thioether (sulfide) groups is 1. The molecule has 10 heteroatoms. The SMILES string of the molecule is COc1ccc(OCCCN(C)CCOc2cccc(N=[N+]=[N-])c2)c([C@H]2Sc3ccccc3N(C)C2=O)c1. The smallest absolute Gasteiger partial charge is 0.244 e. The number of azide groups is 1. The number of carbonyl (C=O) groups is 1. The molecule has 1 aliphatic heterocycles. The fraction of sp³-hybridized carbons (Fsp3) is 0.321. The monoisotopic (exact) mass is 533 g/mol. The van der Waals surface area contributed by atoms with Gasteiger partial charge in [-0.2, -0.15) is 0 Å². The average Bonchev–Trinajstić information content (AvgIpc) is 2.93. The first-order valence-corrected chi connectivity index (χ1v) is 13.2. The number of benzene rings is 3. The van der Waals surface area contributed by atoms with Gasteiger partial charge >= 0.3 is 0 Å². The highest BCUT2D eigenvalue weighted by Crippen LogP contribution is 2.48. The van der Waals surface area contributed by atoms with Crippen molar-refractivity contribution in [3.63, 3.8) is 0 Å². The van der Waals surface area contributed by atoms with E-state index < -0.39 is 5.25 Å². The van der Waals surface area contributed by atoms with Crippen LogP contribution in [0.1, 0.15) is 17.2 Å². The number of hydrogen-bond donors (Lipinski definition) is 0. The van der Waals surface area contributed by atoms with E-state index in [1.54, 1.807) is 30.2 Å². The molecule has 0 saturated heterocycles. The van der Waals surface area contributed by atoms with Gasteiger partial charge < -0.3 is 24.0 Å². The van der Waals surface area contributed by atoms with Gasteiger partial charge in [-0.1, -0.05) is 29.4 Å². The Labute approximate surface area is 226 Å². The fourth-order valence-corrected chi connectivity index (χ4v) is 5.43. The molecule has 3 aromatic carbocycles. The van der Waals surface area contributed by atoms with Gasteiger partial charge in [0.1, 0.15) is 29.1 Å². The first-order chi connectivity index (χ1) is 18.5. The van der Waals surface area contributed by atoms with E-state index in [1.807, 2.05) is 62.6 Å². The van der Waals surface area contributed by atoms with E-state index in [0.29, 0.717) is 36.1 Å². The molecule has 0 saturated carbocycles. The molecule has 198 valence electrons. The third-order valence-electron chi connectivity index (χ3n) is 6.19. The molecule has 38 heavy (non-hydrogen) atoms. The lowest BCUT2D eigenvalue weighted by Crippen LogP contribution is -2.33. The predicted octanol–water partition coefficient (Wildman–Crippen LogP) is 6.23. The third kappa shape index (κ3) is 6.72. The molecule has 1 amide bonds. The van der Waals surface area contributed by atoms with Crippen molar-refractivity contribution in [3.05, 3.63) is 82.7 Å². The molecular formula is C28H31N5O4S. The Morgan fingerprint density at radius 3 is 2.68 bits per heavy atom. The number of nitrogens with zero attached hydrogens (tertiary/aromatic N) is 5. The van der Waals surface area contributed by atoms with Crippen LogP contribution >= 0.6 is 11.8 Å². The second kappa shape index (κ2) is 13.1. The van der Waals surface area contributed by atoms with Crippen molar-refractivity contribution in [2.45, 2.75) is 16.6 Å². The number of methoxy groups -OCH3 is 1. The van der Waals surface area contributed by atoms with Gasteiger partial charge in [-0.25, -0.2) is 0 Å². The topological polar surface area (TPSA) is 100 Å². The normalized spacial score (nSPS) is 14.6. The van der Waals surface area contributed by atoms with Crippen LogP contribution < -0.4 is 19.1 Å². The number of ether oxygens (including phenoxy) is 3. The highest BCUT2D eigenvalue weighted by atomic mass is 32.2.